The SMILES string of the molecule is C[C@@H](NC(=O)c1cccnc1)[C@H](c1cccs1)N1CCN(c2ccc(F)cc2)CC1. The van der Waals surface area contributed by atoms with Crippen LogP contribution in [0.2, 0.25) is 0 Å². The van der Waals surface area contributed by atoms with Crippen LogP contribution >= 0.6 is 11.3 Å². The highest BCUT2D eigenvalue weighted by atomic mass is 32.1. The minimum atomic E-state index is -0.215. The van der Waals surface area contributed by atoms with Crippen molar-refractivity contribution in [3.05, 3.63) is 82.6 Å². The van der Waals surface area contributed by atoms with Crippen LogP contribution in [-0.2, 0) is 0 Å². The van der Waals surface area contributed by atoms with Gasteiger partial charge in [-0.3, -0.25) is 14.7 Å². The Morgan fingerprint density at radius 2 is 1.87 bits per heavy atom. The van der Waals surface area contributed by atoms with Gasteiger partial charge in [0.25, 0.3) is 5.91 Å². The molecule has 0 bridgehead atoms. The van der Waals surface area contributed by atoms with Gasteiger partial charge in [-0.1, -0.05) is 6.07 Å². The summed E-state index contributed by atoms with van der Waals surface area (Å²) in [6.45, 7) is 5.51. The maximum absolute atomic E-state index is 13.2. The number of hydrogen-bond acceptors (Lipinski definition) is 5. The average molecular weight is 425 g/mol. The van der Waals surface area contributed by atoms with Crippen molar-refractivity contribution in [1.29, 1.82) is 0 Å². The molecular weight excluding hydrogens is 399 g/mol. The summed E-state index contributed by atoms with van der Waals surface area (Å²) in [5.41, 5.74) is 1.61. The molecule has 30 heavy (non-hydrogen) atoms. The van der Waals surface area contributed by atoms with Crippen LogP contribution in [0.5, 0.6) is 0 Å². The zero-order valence-electron chi connectivity index (χ0n) is 16.9. The Kier molecular flexibility index (Phi) is 6.40. The van der Waals surface area contributed by atoms with Crippen LogP contribution in [-0.4, -0.2) is 48.0 Å². The number of hydrogen-bond donors (Lipinski definition) is 1. The molecule has 1 fully saturated rings. The fourth-order valence-corrected chi connectivity index (χ4v) is 4.94. The maximum Gasteiger partial charge on any atom is 0.253 e. The summed E-state index contributed by atoms with van der Waals surface area (Å²) >= 11 is 1.71. The second-order valence-corrected chi connectivity index (χ2v) is 8.44. The zero-order valence-corrected chi connectivity index (χ0v) is 17.7. The van der Waals surface area contributed by atoms with Crippen LogP contribution in [0.3, 0.4) is 0 Å². The molecule has 4 rings (SSSR count). The predicted molar refractivity (Wildman–Crippen MR) is 118 cm³/mol. The Morgan fingerprint density at radius 3 is 2.50 bits per heavy atom. The lowest BCUT2D eigenvalue weighted by atomic mass is 10.0. The fraction of sp³-hybridized carbons (Fsp3) is 0.304. The minimum absolute atomic E-state index is 0.0614. The Labute approximate surface area is 180 Å². The molecule has 7 heteroatoms. The monoisotopic (exact) mass is 424 g/mol. The number of benzene rings is 1. The lowest BCUT2D eigenvalue weighted by Gasteiger charge is -2.42. The molecule has 1 aliphatic rings. The smallest absolute Gasteiger partial charge is 0.253 e. The van der Waals surface area contributed by atoms with Crippen molar-refractivity contribution in [2.24, 2.45) is 0 Å². The van der Waals surface area contributed by atoms with Gasteiger partial charge in [-0.25, -0.2) is 4.39 Å². The fourth-order valence-electron chi connectivity index (χ4n) is 3.98. The first-order valence-corrected chi connectivity index (χ1v) is 11.0. The van der Waals surface area contributed by atoms with E-state index in [9.17, 15) is 9.18 Å². The van der Waals surface area contributed by atoms with Crippen molar-refractivity contribution in [3.8, 4) is 0 Å². The van der Waals surface area contributed by atoms with Gasteiger partial charge < -0.3 is 10.2 Å². The first kappa shape index (κ1) is 20.5. The number of carbonyl (C=O) groups is 1. The molecule has 0 aliphatic carbocycles. The van der Waals surface area contributed by atoms with Gasteiger partial charge in [-0.15, -0.1) is 11.3 Å². The van der Waals surface area contributed by atoms with Crippen LogP contribution in [0, 0.1) is 5.82 Å². The quantitative estimate of drug-likeness (QED) is 0.651. The highest BCUT2D eigenvalue weighted by molar-refractivity contribution is 7.10. The molecular formula is C23H25FN4OS. The number of nitrogens with zero attached hydrogens (tertiary/aromatic N) is 3. The molecule has 5 nitrogen and oxygen atoms in total. The largest absolute Gasteiger partial charge is 0.369 e. The van der Waals surface area contributed by atoms with E-state index in [1.165, 1.54) is 17.0 Å². The van der Waals surface area contributed by atoms with Crippen molar-refractivity contribution in [3.63, 3.8) is 0 Å². The van der Waals surface area contributed by atoms with Crippen molar-refractivity contribution in [1.82, 2.24) is 15.2 Å². The lowest BCUT2D eigenvalue weighted by molar-refractivity contribution is 0.0890. The van der Waals surface area contributed by atoms with Crippen LogP contribution < -0.4 is 10.2 Å². The summed E-state index contributed by atoms with van der Waals surface area (Å²) in [4.78, 5) is 22.7. The average Bonchev–Trinajstić information content (AvgIpc) is 3.30. The van der Waals surface area contributed by atoms with Crippen molar-refractivity contribution >= 4 is 22.9 Å². The summed E-state index contributed by atoms with van der Waals surface area (Å²) in [5, 5.41) is 5.24. The normalized spacial score (nSPS) is 16.8. The molecule has 1 N–H and O–H groups in total. The number of carbonyl (C=O) groups excluding carboxylic acids is 1. The van der Waals surface area contributed by atoms with E-state index in [4.69, 9.17) is 0 Å². The first-order chi connectivity index (χ1) is 14.6. The summed E-state index contributed by atoms with van der Waals surface area (Å²) < 4.78 is 13.2. The molecule has 1 saturated heterocycles. The summed E-state index contributed by atoms with van der Waals surface area (Å²) in [7, 11) is 0. The van der Waals surface area contributed by atoms with Crippen molar-refractivity contribution < 1.29 is 9.18 Å². The van der Waals surface area contributed by atoms with E-state index in [1.807, 2.05) is 12.1 Å². The lowest BCUT2D eigenvalue weighted by Crippen LogP contribution is -2.52. The minimum Gasteiger partial charge on any atom is -0.369 e. The summed E-state index contributed by atoms with van der Waals surface area (Å²) in [6.07, 6.45) is 3.25. The molecule has 1 aromatic carbocycles. The highest BCUT2D eigenvalue weighted by Crippen LogP contribution is 2.30. The molecule has 3 aromatic rings. The predicted octanol–water partition coefficient (Wildman–Crippen LogP) is 3.96. The molecule has 2 atom stereocenters. The third-order valence-corrected chi connectivity index (χ3v) is 6.43. The Balaban J connectivity index is 1.45. The molecule has 0 radical (unpaired) electrons. The molecule has 0 spiro atoms. The van der Waals surface area contributed by atoms with Crippen LogP contribution in [0.15, 0.2) is 66.3 Å². The van der Waals surface area contributed by atoms with E-state index in [2.05, 4.69) is 44.5 Å². The summed E-state index contributed by atoms with van der Waals surface area (Å²) in [6, 6.07) is 14.4. The molecule has 1 aliphatic heterocycles. The van der Waals surface area contributed by atoms with Crippen LogP contribution in [0.25, 0.3) is 0 Å². The highest BCUT2D eigenvalue weighted by Gasteiger charge is 2.31. The van der Waals surface area contributed by atoms with Gasteiger partial charge in [0, 0.05) is 55.2 Å². The zero-order chi connectivity index (χ0) is 20.9. The number of nitrogens with one attached hydrogen (secondary N) is 1. The Hall–Kier alpha value is -2.77. The first-order valence-electron chi connectivity index (χ1n) is 10.1. The van der Waals surface area contributed by atoms with E-state index in [-0.39, 0.29) is 23.8 Å². The third-order valence-electron chi connectivity index (χ3n) is 5.49. The van der Waals surface area contributed by atoms with Gasteiger partial charge >= 0.3 is 0 Å². The van der Waals surface area contributed by atoms with E-state index in [0.29, 0.717) is 5.56 Å². The number of rotatable bonds is 6. The summed E-state index contributed by atoms with van der Waals surface area (Å²) in [5.74, 6) is -0.324. The third kappa shape index (κ3) is 4.68. The van der Waals surface area contributed by atoms with Crippen LogP contribution in [0.4, 0.5) is 10.1 Å². The second-order valence-electron chi connectivity index (χ2n) is 7.46. The number of pyridine rings is 1. The molecule has 2 aromatic heterocycles. The number of piperazine rings is 1. The van der Waals surface area contributed by atoms with Crippen molar-refractivity contribution in [2.75, 3.05) is 31.1 Å². The van der Waals surface area contributed by atoms with E-state index >= 15 is 0 Å². The molecule has 0 unspecified atom stereocenters. The van der Waals surface area contributed by atoms with Gasteiger partial charge in [0.05, 0.1) is 11.6 Å². The molecule has 0 saturated carbocycles. The Bertz CT molecular complexity index is 941. The molecule has 3 heterocycles. The van der Waals surface area contributed by atoms with Crippen LogP contribution in [0.1, 0.15) is 28.2 Å². The molecule has 1 amide bonds. The number of halogens is 1. The number of aromatic nitrogens is 1. The van der Waals surface area contributed by atoms with Gasteiger partial charge in [-0.05, 0) is 54.8 Å². The maximum atomic E-state index is 13.2. The van der Waals surface area contributed by atoms with E-state index in [1.54, 1.807) is 35.9 Å². The number of amides is 1. The van der Waals surface area contributed by atoms with Gasteiger partial charge in [0.1, 0.15) is 5.82 Å². The topological polar surface area (TPSA) is 48.5 Å². The van der Waals surface area contributed by atoms with Crippen molar-refractivity contribution in [2.45, 2.75) is 19.0 Å². The number of thiophene rings is 1. The van der Waals surface area contributed by atoms with E-state index in [0.717, 1.165) is 31.9 Å². The second kappa shape index (κ2) is 9.36. The van der Waals surface area contributed by atoms with Gasteiger partial charge in [0.15, 0.2) is 0 Å². The number of anilines is 1. The Morgan fingerprint density at radius 1 is 1.10 bits per heavy atom. The van der Waals surface area contributed by atoms with E-state index < -0.39 is 0 Å². The standard InChI is InChI=1S/C23H25FN4OS/c1-17(26-23(29)18-4-2-10-25-16-18)22(21-5-3-15-30-21)28-13-11-27(12-14-28)20-8-6-19(24)7-9-20/h2-10,15-17,22H,11-14H2,1H3,(H,26,29)/t17-,22-/m1/s1. The van der Waals surface area contributed by atoms with Gasteiger partial charge in [-0.2, -0.15) is 0 Å². The molecule has 156 valence electrons. The van der Waals surface area contributed by atoms with Gasteiger partial charge in [0.2, 0.25) is 0 Å².